The Balaban J connectivity index is 1.55. The van der Waals surface area contributed by atoms with Gasteiger partial charge in [0.05, 0.1) is 17.1 Å². The summed E-state index contributed by atoms with van der Waals surface area (Å²) >= 11 is 0. The van der Waals surface area contributed by atoms with Crippen LogP contribution in [0.15, 0.2) is 24.3 Å². The fourth-order valence-corrected chi connectivity index (χ4v) is 4.67. The standard InChI is InChI=1S/C15H17F3N2O3S/c16-15(17,18)12-3-1-2-10(6-12)11-7-20(8-11)14(21)19-13-4-5-24(22,23)9-13/h1-3,6,11,13H,4-5,7-9H2,(H,19,21). The summed E-state index contributed by atoms with van der Waals surface area (Å²) in [6.45, 7) is 0.652. The molecular weight excluding hydrogens is 345 g/mol. The van der Waals surface area contributed by atoms with Crippen molar-refractivity contribution in [2.45, 2.75) is 24.6 Å². The van der Waals surface area contributed by atoms with E-state index in [4.69, 9.17) is 0 Å². The lowest BCUT2D eigenvalue weighted by atomic mass is 9.90. The molecule has 2 amide bonds. The number of hydrogen-bond donors (Lipinski definition) is 1. The first-order valence-corrected chi connectivity index (χ1v) is 9.39. The molecule has 2 aliphatic heterocycles. The van der Waals surface area contributed by atoms with E-state index in [0.717, 1.165) is 12.1 Å². The monoisotopic (exact) mass is 362 g/mol. The van der Waals surface area contributed by atoms with Gasteiger partial charge >= 0.3 is 12.2 Å². The van der Waals surface area contributed by atoms with Crippen LogP contribution in [0.2, 0.25) is 0 Å². The number of rotatable bonds is 2. The van der Waals surface area contributed by atoms with Gasteiger partial charge in [-0.25, -0.2) is 13.2 Å². The summed E-state index contributed by atoms with van der Waals surface area (Å²) < 4.78 is 60.9. The summed E-state index contributed by atoms with van der Waals surface area (Å²) in [5.74, 6) is -0.112. The zero-order valence-electron chi connectivity index (χ0n) is 12.7. The van der Waals surface area contributed by atoms with E-state index >= 15 is 0 Å². The minimum absolute atomic E-state index is 0.0519. The number of sulfone groups is 1. The van der Waals surface area contributed by atoms with Crippen LogP contribution in [-0.2, 0) is 16.0 Å². The van der Waals surface area contributed by atoms with Crippen molar-refractivity contribution < 1.29 is 26.4 Å². The second kappa shape index (κ2) is 5.94. The Morgan fingerprint density at radius 3 is 2.54 bits per heavy atom. The second-order valence-electron chi connectivity index (χ2n) is 6.27. The van der Waals surface area contributed by atoms with Gasteiger partial charge in [-0.05, 0) is 18.1 Å². The van der Waals surface area contributed by atoms with Crippen LogP contribution in [0.3, 0.4) is 0 Å². The van der Waals surface area contributed by atoms with Crippen LogP contribution in [0.25, 0.3) is 0 Å². The molecule has 1 aromatic rings. The number of urea groups is 1. The summed E-state index contributed by atoms with van der Waals surface area (Å²) in [6.07, 6.45) is -3.98. The van der Waals surface area contributed by atoms with Crippen molar-refractivity contribution >= 4 is 15.9 Å². The SMILES string of the molecule is O=C(NC1CCS(=O)(=O)C1)N1CC(c2cccc(C(F)(F)F)c2)C1. The topological polar surface area (TPSA) is 66.5 Å². The smallest absolute Gasteiger partial charge is 0.334 e. The molecule has 1 atom stereocenters. The highest BCUT2D eigenvalue weighted by molar-refractivity contribution is 7.91. The van der Waals surface area contributed by atoms with Crippen LogP contribution >= 0.6 is 0 Å². The maximum Gasteiger partial charge on any atom is 0.416 e. The van der Waals surface area contributed by atoms with Crippen LogP contribution in [-0.4, -0.2) is 50.0 Å². The molecule has 2 saturated heterocycles. The zero-order valence-corrected chi connectivity index (χ0v) is 13.5. The minimum atomic E-state index is -4.38. The second-order valence-corrected chi connectivity index (χ2v) is 8.50. The van der Waals surface area contributed by atoms with Gasteiger partial charge in [0.25, 0.3) is 0 Å². The van der Waals surface area contributed by atoms with Gasteiger partial charge in [0.2, 0.25) is 0 Å². The predicted octanol–water partition coefficient (Wildman–Crippen LogP) is 2.00. The molecular formula is C15H17F3N2O3S. The molecule has 132 valence electrons. The van der Waals surface area contributed by atoms with Crippen LogP contribution in [0.5, 0.6) is 0 Å². The van der Waals surface area contributed by atoms with Crippen molar-refractivity contribution in [1.82, 2.24) is 10.2 Å². The highest BCUT2D eigenvalue weighted by Gasteiger charge is 2.36. The van der Waals surface area contributed by atoms with Gasteiger partial charge in [-0.2, -0.15) is 13.2 Å². The Morgan fingerprint density at radius 2 is 1.96 bits per heavy atom. The molecule has 0 bridgehead atoms. The molecule has 0 saturated carbocycles. The summed E-state index contributed by atoms with van der Waals surface area (Å²) in [5.41, 5.74) is -0.142. The molecule has 2 heterocycles. The van der Waals surface area contributed by atoms with Gasteiger partial charge in [0, 0.05) is 25.0 Å². The average molecular weight is 362 g/mol. The summed E-state index contributed by atoms with van der Waals surface area (Å²) in [4.78, 5) is 13.5. The van der Waals surface area contributed by atoms with E-state index in [1.54, 1.807) is 6.07 Å². The number of carbonyl (C=O) groups is 1. The number of carbonyl (C=O) groups excluding carboxylic acids is 1. The lowest BCUT2D eigenvalue weighted by molar-refractivity contribution is -0.137. The van der Waals surface area contributed by atoms with Crippen LogP contribution in [0.1, 0.15) is 23.5 Å². The van der Waals surface area contributed by atoms with Crippen molar-refractivity contribution in [3.63, 3.8) is 0 Å². The molecule has 0 aliphatic carbocycles. The molecule has 0 spiro atoms. The first-order valence-electron chi connectivity index (χ1n) is 7.57. The zero-order chi connectivity index (χ0) is 17.5. The van der Waals surface area contributed by atoms with Crippen LogP contribution < -0.4 is 5.32 Å². The molecule has 24 heavy (non-hydrogen) atoms. The van der Waals surface area contributed by atoms with Crippen molar-refractivity contribution in [2.24, 2.45) is 0 Å². The fraction of sp³-hybridized carbons (Fsp3) is 0.533. The molecule has 5 nitrogen and oxygen atoms in total. The van der Waals surface area contributed by atoms with Gasteiger partial charge in [-0.3, -0.25) is 0 Å². The van der Waals surface area contributed by atoms with E-state index < -0.39 is 21.6 Å². The molecule has 9 heteroatoms. The summed E-state index contributed by atoms with van der Waals surface area (Å²) in [7, 11) is -3.07. The van der Waals surface area contributed by atoms with Gasteiger partial charge in [-0.15, -0.1) is 0 Å². The highest BCUT2D eigenvalue weighted by atomic mass is 32.2. The molecule has 2 aliphatic rings. The van der Waals surface area contributed by atoms with Crippen molar-refractivity contribution in [3.05, 3.63) is 35.4 Å². The minimum Gasteiger partial charge on any atom is -0.334 e. The quantitative estimate of drug-likeness (QED) is 0.875. The van der Waals surface area contributed by atoms with Crippen LogP contribution in [0, 0.1) is 0 Å². The third-order valence-corrected chi connectivity index (χ3v) is 6.18. The highest BCUT2D eigenvalue weighted by Crippen LogP contribution is 2.33. The third-order valence-electron chi connectivity index (χ3n) is 4.41. The lowest BCUT2D eigenvalue weighted by Gasteiger charge is -2.40. The first-order chi connectivity index (χ1) is 11.1. The molecule has 1 unspecified atom stereocenters. The summed E-state index contributed by atoms with van der Waals surface area (Å²) in [5, 5.41) is 2.67. The summed E-state index contributed by atoms with van der Waals surface area (Å²) in [6, 6.07) is 4.38. The van der Waals surface area contributed by atoms with Gasteiger partial charge in [-0.1, -0.05) is 18.2 Å². The average Bonchev–Trinajstić information content (AvgIpc) is 2.75. The number of alkyl halides is 3. The molecule has 2 fully saturated rings. The third kappa shape index (κ3) is 3.66. The maximum atomic E-state index is 12.7. The fourth-order valence-electron chi connectivity index (χ4n) is 3.00. The van der Waals surface area contributed by atoms with E-state index in [2.05, 4.69) is 5.32 Å². The van der Waals surface area contributed by atoms with Crippen molar-refractivity contribution in [1.29, 1.82) is 0 Å². The molecule has 0 aromatic heterocycles. The molecule has 1 aromatic carbocycles. The van der Waals surface area contributed by atoms with E-state index in [-0.39, 0.29) is 29.5 Å². The largest absolute Gasteiger partial charge is 0.416 e. The number of nitrogens with zero attached hydrogens (tertiary/aromatic N) is 1. The Kier molecular flexibility index (Phi) is 4.23. The number of amides is 2. The Hall–Kier alpha value is -1.77. The Bertz CT molecular complexity index is 743. The predicted molar refractivity (Wildman–Crippen MR) is 81.3 cm³/mol. The first kappa shape index (κ1) is 17.1. The van der Waals surface area contributed by atoms with Crippen LogP contribution in [0.4, 0.5) is 18.0 Å². The van der Waals surface area contributed by atoms with E-state index in [9.17, 15) is 26.4 Å². The lowest BCUT2D eigenvalue weighted by Crippen LogP contribution is -2.54. The van der Waals surface area contributed by atoms with E-state index in [1.807, 2.05) is 0 Å². The number of benzene rings is 1. The van der Waals surface area contributed by atoms with Crippen molar-refractivity contribution in [3.8, 4) is 0 Å². The molecule has 0 radical (unpaired) electrons. The Morgan fingerprint density at radius 1 is 1.25 bits per heavy atom. The van der Waals surface area contributed by atoms with Gasteiger partial charge in [0.1, 0.15) is 0 Å². The molecule has 1 N–H and O–H groups in total. The maximum absolute atomic E-state index is 12.7. The van der Waals surface area contributed by atoms with Crippen molar-refractivity contribution in [2.75, 3.05) is 24.6 Å². The molecule has 3 rings (SSSR count). The normalized spacial score (nSPS) is 23.8. The van der Waals surface area contributed by atoms with Gasteiger partial charge in [0.15, 0.2) is 9.84 Å². The number of halogens is 3. The number of nitrogens with one attached hydrogen (secondary N) is 1. The number of likely N-dealkylation sites (tertiary alicyclic amines) is 1. The number of hydrogen-bond acceptors (Lipinski definition) is 3. The van der Waals surface area contributed by atoms with Gasteiger partial charge < -0.3 is 10.2 Å². The Labute approximate surface area is 137 Å². The van der Waals surface area contributed by atoms with E-state index in [0.29, 0.717) is 25.1 Å². The van der Waals surface area contributed by atoms with E-state index in [1.165, 1.54) is 11.0 Å².